The second-order valence-corrected chi connectivity index (χ2v) is 5.57. The Balaban J connectivity index is 1.83. The van der Waals surface area contributed by atoms with Crippen molar-refractivity contribution in [3.63, 3.8) is 0 Å². The molecule has 1 rings (SSSR count). The van der Waals surface area contributed by atoms with Crippen LogP contribution < -0.4 is 5.32 Å². The molecule has 2 nitrogen and oxygen atoms in total. The summed E-state index contributed by atoms with van der Waals surface area (Å²) in [6, 6.07) is 1.15. The van der Waals surface area contributed by atoms with E-state index in [0.717, 1.165) is 13.2 Å². The molecule has 1 saturated heterocycles. The van der Waals surface area contributed by atoms with E-state index in [1.807, 2.05) is 0 Å². The molecule has 0 bridgehead atoms. The monoisotopic (exact) mass is 241 g/mol. The minimum Gasteiger partial charge on any atom is -0.378 e. The summed E-state index contributed by atoms with van der Waals surface area (Å²) in [6.07, 6.45) is 12.6. The molecule has 0 spiro atoms. The third-order valence-electron chi connectivity index (χ3n) is 3.61. The van der Waals surface area contributed by atoms with E-state index >= 15 is 0 Å². The quantitative estimate of drug-likeness (QED) is 0.618. The van der Waals surface area contributed by atoms with Crippen LogP contribution in [0.15, 0.2) is 0 Å². The normalized spacial score (nSPS) is 25.1. The van der Waals surface area contributed by atoms with Gasteiger partial charge in [-0.2, -0.15) is 0 Å². The Hall–Kier alpha value is -0.0800. The first-order valence-electron chi connectivity index (χ1n) is 7.66. The van der Waals surface area contributed by atoms with Gasteiger partial charge in [-0.15, -0.1) is 0 Å². The van der Waals surface area contributed by atoms with Crippen molar-refractivity contribution in [2.45, 2.75) is 83.7 Å². The Labute approximate surface area is 108 Å². The summed E-state index contributed by atoms with van der Waals surface area (Å²) in [5.74, 6) is 0. The van der Waals surface area contributed by atoms with Gasteiger partial charge in [-0.05, 0) is 13.3 Å². The van der Waals surface area contributed by atoms with Crippen LogP contribution >= 0.6 is 0 Å². The van der Waals surface area contributed by atoms with Crippen LogP contribution in [-0.2, 0) is 4.74 Å². The molecule has 0 saturated carbocycles. The summed E-state index contributed by atoms with van der Waals surface area (Å²) in [7, 11) is 0. The molecule has 0 aromatic heterocycles. The number of hydrogen-bond acceptors (Lipinski definition) is 2. The average molecular weight is 241 g/mol. The molecule has 0 aromatic rings. The van der Waals surface area contributed by atoms with Crippen molar-refractivity contribution in [1.82, 2.24) is 5.32 Å². The van der Waals surface area contributed by atoms with Crippen LogP contribution in [0.25, 0.3) is 0 Å². The van der Waals surface area contributed by atoms with Gasteiger partial charge in [-0.1, -0.05) is 58.3 Å². The van der Waals surface area contributed by atoms with E-state index in [2.05, 4.69) is 19.2 Å². The van der Waals surface area contributed by atoms with Crippen LogP contribution in [0.3, 0.4) is 0 Å². The lowest BCUT2D eigenvalue weighted by Crippen LogP contribution is -2.47. The van der Waals surface area contributed by atoms with Gasteiger partial charge in [0.2, 0.25) is 0 Å². The third kappa shape index (κ3) is 7.77. The fraction of sp³-hybridized carbons (Fsp3) is 1.00. The first kappa shape index (κ1) is 15.0. The van der Waals surface area contributed by atoms with Gasteiger partial charge in [0.25, 0.3) is 0 Å². The summed E-state index contributed by atoms with van der Waals surface area (Å²) in [5.41, 5.74) is 0. The minimum atomic E-state index is 0.544. The van der Waals surface area contributed by atoms with Gasteiger partial charge in [-0.3, -0.25) is 0 Å². The Bertz CT molecular complexity index is 172. The van der Waals surface area contributed by atoms with E-state index in [0.29, 0.717) is 12.1 Å². The van der Waals surface area contributed by atoms with Crippen molar-refractivity contribution in [1.29, 1.82) is 0 Å². The zero-order chi connectivity index (χ0) is 12.3. The molecule has 2 atom stereocenters. The summed E-state index contributed by atoms with van der Waals surface area (Å²) in [5, 5.41) is 3.61. The molecular formula is C15H31NO. The maximum absolute atomic E-state index is 5.55. The van der Waals surface area contributed by atoms with E-state index in [1.165, 1.54) is 57.8 Å². The largest absolute Gasteiger partial charge is 0.378 e. The van der Waals surface area contributed by atoms with Gasteiger partial charge in [0.1, 0.15) is 0 Å². The number of nitrogens with one attached hydrogen (secondary N) is 1. The van der Waals surface area contributed by atoms with Gasteiger partial charge in [0, 0.05) is 12.1 Å². The first-order valence-corrected chi connectivity index (χ1v) is 7.66. The van der Waals surface area contributed by atoms with E-state index in [9.17, 15) is 0 Å². The lowest BCUT2D eigenvalue weighted by Gasteiger charge is -2.28. The van der Waals surface area contributed by atoms with E-state index < -0.39 is 0 Å². The highest BCUT2D eigenvalue weighted by atomic mass is 16.5. The number of hydrogen-bond donors (Lipinski definition) is 1. The second kappa shape index (κ2) is 9.90. The van der Waals surface area contributed by atoms with Gasteiger partial charge in [0.05, 0.1) is 13.2 Å². The Morgan fingerprint density at radius 2 is 1.59 bits per heavy atom. The highest BCUT2D eigenvalue weighted by molar-refractivity contribution is 4.75. The van der Waals surface area contributed by atoms with Crippen LogP contribution in [-0.4, -0.2) is 25.3 Å². The van der Waals surface area contributed by atoms with Crippen LogP contribution in [0.5, 0.6) is 0 Å². The second-order valence-electron chi connectivity index (χ2n) is 5.57. The molecule has 1 N–H and O–H groups in total. The molecule has 0 unspecified atom stereocenters. The summed E-state index contributed by atoms with van der Waals surface area (Å²) < 4.78 is 5.55. The smallest absolute Gasteiger partial charge is 0.0620 e. The molecule has 2 heteroatoms. The van der Waals surface area contributed by atoms with E-state index in [1.54, 1.807) is 0 Å². The van der Waals surface area contributed by atoms with Crippen molar-refractivity contribution in [2.75, 3.05) is 13.2 Å². The van der Waals surface area contributed by atoms with E-state index in [-0.39, 0.29) is 0 Å². The van der Waals surface area contributed by atoms with Crippen molar-refractivity contribution < 1.29 is 4.74 Å². The van der Waals surface area contributed by atoms with Crippen molar-refractivity contribution in [2.24, 2.45) is 0 Å². The summed E-state index contributed by atoms with van der Waals surface area (Å²) in [4.78, 5) is 0. The van der Waals surface area contributed by atoms with Gasteiger partial charge in [-0.25, -0.2) is 0 Å². The predicted molar refractivity (Wildman–Crippen MR) is 74.4 cm³/mol. The molecule has 102 valence electrons. The lowest BCUT2D eigenvalue weighted by atomic mass is 10.0. The molecule has 1 heterocycles. The standard InChI is InChI=1S/C15H31NO/c1-3-4-5-6-7-8-9-10-11-15-13-17-12-14(2)16-15/h14-16H,3-13H2,1-2H3/t14-,15-/m1/s1. The summed E-state index contributed by atoms with van der Waals surface area (Å²) >= 11 is 0. The number of morpholine rings is 1. The molecule has 1 aliphatic heterocycles. The van der Waals surface area contributed by atoms with Gasteiger partial charge < -0.3 is 10.1 Å². The van der Waals surface area contributed by atoms with Crippen molar-refractivity contribution in [3.05, 3.63) is 0 Å². The van der Waals surface area contributed by atoms with Crippen LogP contribution in [0.4, 0.5) is 0 Å². The van der Waals surface area contributed by atoms with Gasteiger partial charge >= 0.3 is 0 Å². The average Bonchev–Trinajstić information content (AvgIpc) is 2.33. The van der Waals surface area contributed by atoms with Crippen LogP contribution in [0.1, 0.15) is 71.6 Å². The topological polar surface area (TPSA) is 21.3 Å². The zero-order valence-corrected chi connectivity index (χ0v) is 11.8. The first-order chi connectivity index (χ1) is 8.33. The zero-order valence-electron chi connectivity index (χ0n) is 11.8. The maximum atomic E-state index is 5.55. The van der Waals surface area contributed by atoms with Crippen molar-refractivity contribution >= 4 is 0 Å². The molecular weight excluding hydrogens is 210 g/mol. The van der Waals surface area contributed by atoms with Gasteiger partial charge in [0.15, 0.2) is 0 Å². The maximum Gasteiger partial charge on any atom is 0.0620 e. The number of ether oxygens (including phenoxy) is 1. The fourth-order valence-corrected chi connectivity index (χ4v) is 2.58. The Morgan fingerprint density at radius 1 is 0.941 bits per heavy atom. The summed E-state index contributed by atoms with van der Waals surface area (Å²) in [6.45, 7) is 6.29. The molecule has 1 fully saturated rings. The molecule has 0 aliphatic carbocycles. The highest BCUT2D eigenvalue weighted by Gasteiger charge is 2.17. The van der Waals surface area contributed by atoms with E-state index in [4.69, 9.17) is 4.74 Å². The third-order valence-corrected chi connectivity index (χ3v) is 3.61. The molecule has 0 aromatic carbocycles. The fourth-order valence-electron chi connectivity index (χ4n) is 2.58. The highest BCUT2D eigenvalue weighted by Crippen LogP contribution is 2.12. The molecule has 17 heavy (non-hydrogen) atoms. The Kier molecular flexibility index (Phi) is 8.72. The SMILES string of the molecule is CCCCCCCCCC[C@@H]1COC[C@@H](C)N1. The number of rotatable bonds is 9. The predicted octanol–water partition coefficient (Wildman–Crippen LogP) is 3.89. The minimum absolute atomic E-state index is 0.544. The number of unbranched alkanes of at least 4 members (excludes halogenated alkanes) is 7. The van der Waals surface area contributed by atoms with Crippen LogP contribution in [0, 0.1) is 0 Å². The van der Waals surface area contributed by atoms with Crippen LogP contribution in [0.2, 0.25) is 0 Å². The lowest BCUT2D eigenvalue weighted by molar-refractivity contribution is 0.0474. The Morgan fingerprint density at radius 3 is 2.24 bits per heavy atom. The molecule has 0 amide bonds. The van der Waals surface area contributed by atoms with Crippen molar-refractivity contribution in [3.8, 4) is 0 Å². The molecule has 1 aliphatic rings. The molecule has 0 radical (unpaired) electrons.